The topological polar surface area (TPSA) is 70.5 Å². The molecule has 0 spiro atoms. The van der Waals surface area contributed by atoms with Gasteiger partial charge in [-0.25, -0.2) is 4.79 Å². The molecule has 1 aromatic heterocycles. The maximum Gasteiger partial charge on any atom is 0.326 e. The average Bonchev–Trinajstić information content (AvgIpc) is 2.93. The molecule has 2 heterocycles. The van der Waals surface area contributed by atoms with E-state index < -0.39 is 12.0 Å². The number of carboxylic acids is 1. The standard InChI is InChI=1S/C17H20N2O3/c20-16(9-8-13-6-3-4-10-18-13)19-14-7-2-1-5-12(14)11-15(19)17(21)22/h3-4,6,8-10,12,14-15H,1-2,5,7,11H2,(H,21,22)/b9-8+. The van der Waals surface area contributed by atoms with E-state index in [4.69, 9.17) is 0 Å². The number of nitrogens with zero attached hydrogens (tertiary/aromatic N) is 2. The fourth-order valence-electron chi connectivity index (χ4n) is 3.71. The molecule has 2 aliphatic rings. The zero-order valence-corrected chi connectivity index (χ0v) is 12.4. The van der Waals surface area contributed by atoms with E-state index in [0.717, 1.165) is 25.7 Å². The van der Waals surface area contributed by atoms with Crippen molar-refractivity contribution in [3.8, 4) is 0 Å². The summed E-state index contributed by atoms with van der Waals surface area (Å²) in [5, 5.41) is 9.43. The Morgan fingerprint density at radius 2 is 2.09 bits per heavy atom. The van der Waals surface area contributed by atoms with Crippen LogP contribution in [0.4, 0.5) is 0 Å². The average molecular weight is 300 g/mol. The second-order valence-corrected chi connectivity index (χ2v) is 6.04. The SMILES string of the molecule is O=C(O)C1CC2CCCCC2N1C(=O)/C=C/c1ccccn1. The Labute approximate surface area is 129 Å². The van der Waals surface area contributed by atoms with Crippen molar-refractivity contribution in [1.29, 1.82) is 0 Å². The number of hydrogen-bond donors (Lipinski definition) is 1. The van der Waals surface area contributed by atoms with Gasteiger partial charge in [-0.05, 0) is 43.4 Å². The number of pyridine rings is 1. The van der Waals surface area contributed by atoms with Gasteiger partial charge in [-0.1, -0.05) is 18.9 Å². The largest absolute Gasteiger partial charge is 0.480 e. The molecule has 0 aromatic carbocycles. The van der Waals surface area contributed by atoms with Crippen molar-refractivity contribution in [2.75, 3.05) is 0 Å². The summed E-state index contributed by atoms with van der Waals surface area (Å²) < 4.78 is 0. The number of aromatic nitrogens is 1. The molecule has 0 bridgehead atoms. The van der Waals surface area contributed by atoms with Crippen LogP contribution in [0.5, 0.6) is 0 Å². The van der Waals surface area contributed by atoms with Gasteiger partial charge in [0.25, 0.3) is 0 Å². The Hall–Kier alpha value is -2.17. The molecule has 0 radical (unpaired) electrons. The van der Waals surface area contributed by atoms with E-state index in [9.17, 15) is 14.7 Å². The molecule has 1 N–H and O–H groups in total. The van der Waals surface area contributed by atoms with Crippen LogP contribution < -0.4 is 0 Å². The van der Waals surface area contributed by atoms with E-state index in [0.29, 0.717) is 18.0 Å². The van der Waals surface area contributed by atoms with Crippen molar-refractivity contribution in [2.45, 2.75) is 44.2 Å². The van der Waals surface area contributed by atoms with Crippen LogP contribution in [0, 0.1) is 5.92 Å². The van der Waals surface area contributed by atoms with Gasteiger partial charge in [-0.15, -0.1) is 0 Å². The summed E-state index contributed by atoms with van der Waals surface area (Å²) in [7, 11) is 0. The molecule has 1 saturated heterocycles. The minimum Gasteiger partial charge on any atom is -0.480 e. The Bertz CT molecular complexity index is 585. The molecule has 1 amide bonds. The normalized spacial score (nSPS) is 27.8. The second kappa shape index (κ2) is 6.30. The number of fused-ring (bicyclic) bond motifs is 1. The second-order valence-electron chi connectivity index (χ2n) is 6.04. The predicted octanol–water partition coefficient (Wildman–Crippen LogP) is 2.34. The lowest BCUT2D eigenvalue weighted by Crippen LogP contribution is -2.45. The summed E-state index contributed by atoms with van der Waals surface area (Å²) in [6.45, 7) is 0. The van der Waals surface area contributed by atoms with Crippen LogP contribution in [-0.4, -0.2) is 39.0 Å². The van der Waals surface area contributed by atoms with Crippen LogP contribution in [0.3, 0.4) is 0 Å². The van der Waals surface area contributed by atoms with Gasteiger partial charge >= 0.3 is 5.97 Å². The van der Waals surface area contributed by atoms with Crippen LogP contribution in [0.15, 0.2) is 30.5 Å². The maximum atomic E-state index is 12.5. The third kappa shape index (κ3) is 2.89. The molecular weight excluding hydrogens is 280 g/mol. The highest BCUT2D eigenvalue weighted by molar-refractivity contribution is 5.95. The number of carboxylic acid groups (broad SMARTS) is 1. The molecule has 5 nitrogen and oxygen atoms in total. The van der Waals surface area contributed by atoms with Crippen molar-refractivity contribution in [3.05, 3.63) is 36.2 Å². The lowest BCUT2D eigenvalue weighted by molar-refractivity contribution is -0.147. The van der Waals surface area contributed by atoms with E-state index in [2.05, 4.69) is 4.98 Å². The summed E-state index contributed by atoms with van der Waals surface area (Å²) in [5.74, 6) is -0.775. The van der Waals surface area contributed by atoms with Crippen molar-refractivity contribution in [3.63, 3.8) is 0 Å². The Morgan fingerprint density at radius 1 is 1.27 bits per heavy atom. The van der Waals surface area contributed by atoms with Crippen molar-refractivity contribution in [1.82, 2.24) is 9.88 Å². The van der Waals surface area contributed by atoms with E-state index in [1.165, 1.54) is 6.08 Å². The smallest absolute Gasteiger partial charge is 0.326 e. The molecule has 22 heavy (non-hydrogen) atoms. The molecule has 3 rings (SSSR count). The van der Waals surface area contributed by atoms with Crippen LogP contribution in [-0.2, 0) is 9.59 Å². The van der Waals surface area contributed by atoms with Crippen LogP contribution in [0.1, 0.15) is 37.8 Å². The molecule has 2 fully saturated rings. The third-order valence-corrected chi connectivity index (χ3v) is 4.71. The molecule has 1 saturated carbocycles. The molecule has 3 atom stereocenters. The first-order chi connectivity index (χ1) is 10.7. The first kappa shape index (κ1) is 14.8. The van der Waals surface area contributed by atoms with Crippen LogP contribution >= 0.6 is 0 Å². The highest BCUT2D eigenvalue weighted by atomic mass is 16.4. The molecule has 116 valence electrons. The van der Waals surface area contributed by atoms with Crippen molar-refractivity contribution < 1.29 is 14.7 Å². The number of carbonyl (C=O) groups excluding carboxylic acids is 1. The zero-order chi connectivity index (χ0) is 15.5. The van der Waals surface area contributed by atoms with E-state index in [1.54, 1.807) is 17.2 Å². The molecule has 5 heteroatoms. The lowest BCUT2D eigenvalue weighted by Gasteiger charge is -2.32. The van der Waals surface area contributed by atoms with E-state index in [1.807, 2.05) is 18.2 Å². The Balaban J connectivity index is 1.79. The summed E-state index contributed by atoms with van der Waals surface area (Å²) in [6, 6.07) is 4.87. The summed E-state index contributed by atoms with van der Waals surface area (Å²) in [4.78, 5) is 29.8. The first-order valence-electron chi connectivity index (χ1n) is 7.81. The quantitative estimate of drug-likeness (QED) is 0.870. The van der Waals surface area contributed by atoms with E-state index >= 15 is 0 Å². The monoisotopic (exact) mass is 300 g/mol. The molecule has 1 aliphatic carbocycles. The summed E-state index contributed by atoms with van der Waals surface area (Å²) in [5.41, 5.74) is 0.696. The highest BCUT2D eigenvalue weighted by Crippen LogP contribution is 2.39. The minimum atomic E-state index is -0.894. The number of carbonyl (C=O) groups is 2. The van der Waals surface area contributed by atoms with Crippen LogP contribution in [0.25, 0.3) is 6.08 Å². The van der Waals surface area contributed by atoms with Crippen molar-refractivity contribution in [2.24, 2.45) is 5.92 Å². The maximum absolute atomic E-state index is 12.5. The van der Waals surface area contributed by atoms with Gasteiger partial charge < -0.3 is 10.0 Å². The number of hydrogen-bond acceptors (Lipinski definition) is 3. The van der Waals surface area contributed by atoms with Gasteiger partial charge in [0.2, 0.25) is 5.91 Å². The predicted molar refractivity (Wildman–Crippen MR) is 81.9 cm³/mol. The Morgan fingerprint density at radius 3 is 2.82 bits per heavy atom. The highest BCUT2D eigenvalue weighted by Gasteiger charge is 2.46. The molecule has 1 aliphatic heterocycles. The van der Waals surface area contributed by atoms with Gasteiger partial charge in [0.15, 0.2) is 0 Å². The zero-order valence-electron chi connectivity index (χ0n) is 12.4. The third-order valence-electron chi connectivity index (χ3n) is 4.71. The number of aliphatic carboxylic acids is 1. The van der Waals surface area contributed by atoms with Crippen molar-refractivity contribution >= 4 is 18.0 Å². The summed E-state index contributed by atoms with van der Waals surface area (Å²) in [6.07, 6.45) is 9.51. The first-order valence-corrected chi connectivity index (χ1v) is 7.81. The molecule has 3 unspecified atom stereocenters. The molecular formula is C17H20N2O3. The van der Waals surface area contributed by atoms with E-state index in [-0.39, 0.29) is 11.9 Å². The van der Waals surface area contributed by atoms with Gasteiger partial charge in [0.1, 0.15) is 6.04 Å². The van der Waals surface area contributed by atoms with Gasteiger partial charge in [0.05, 0.1) is 5.69 Å². The van der Waals surface area contributed by atoms with Gasteiger partial charge in [0, 0.05) is 18.3 Å². The summed E-state index contributed by atoms with van der Waals surface area (Å²) >= 11 is 0. The number of rotatable bonds is 3. The van der Waals surface area contributed by atoms with Crippen LogP contribution in [0.2, 0.25) is 0 Å². The van der Waals surface area contributed by atoms with Gasteiger partial charge in [-0.2, -0.15) is 0 Å². The fraction of sp³-hybridized carbons (Fsp3) is 0.471. The number of amides is 1. The number of likely N-dealkylation sites (tertiary alicyclic amines) is 1. The fourth-order valence-corrected chi connectivity index (χ4v) is 3.71. The molecule has 1 aromatic rings. The Kier molecular flexibility index (Phi) is 4.22. The lowest BCUT2D eigenvalue weighted by atomic mass is 9.85. The minimum absolute atomic E-state index is 0.0794. The van der Waals surface area contributed by atoms with Gasteiger partial charge in [-0.3, -0.25) is 9.78 Å².